The summed E-state index contributed by atoms with van der Waals surface area (Å²) < 4.78 is 15.6. The summed E-state index contributed by atoms with van der Waals surface area (Å²) in [7, 11) is 3.04. The topological polar surface area (TPSA) is 44.8 Å². The van der Waals surface area contributed by atoms with Gasteiger partial charge in [-0.2, -0.15) is 0 Å². The second-order valence-corrected chi connectivity index (χ2v) is 3.24. The van der Waals surface area contributed by atoms with E-state index < -0.39 is 6.10 Å². The van der Waals surface area contributed by atoms with Crippen molar-refractivity contribution in [2.45, 2.75) is 6.10 Å². The molecular weight excluding hydrogens is 196 g/mol. The first-order valence-corrected chi connectivity index (χ1v) is 4.64. The summed E-state index contributed by atoms with van der Waals surface area (Å²) in [5.74, 6) is 1.03. The maximum absolute atomic E-state index is 11.9. The van der Waals surface area contributed by atoms with Gasteiger partial charge in [0.05, 0.1) is 12.7 Å². The summed E-state index contributed by atoms with van der Waals surface area (Å²) >= 11 is 0. The Morgan fingerprint density at radius 1 is 1.40 bits per heavy atom. The third kappa shape index (κ3) is 1.57. The Balaban J connectivity index is 2.45. The molecule has 1 aromatic rings. The molecule has 0 aromatic heterocycles. The van der Waals surface area contributed by atoms with Gasteiger partial charge in [-0.3, -0.25) is 4.79 Å². The molecule has 1 aromatic carbocycles. The van der Waals surface area contributed by atoms with Gasteiger partial charge in [-0.25, -0.2) is 0 Å². The lowest BCUT2D eigenvalue weighted by Gasteiger charge is -2.24. The zero-order valence-electron chi connectivity index (χ0n) is 8.65. The average Bonchev–Trinajstić information content (AvgIpc) is 2.29. The number of methoxy groups -OCH3 is 2. The van der Waals surface area contributed by atoms with Gasteiger partial charge < -0.3 is 14.2 Å². The van der Waals surface area contributed by atoms with Crippen molar-refractivity contribution in [3.8, 4) is 11.5 Å². The third-order valence-electron chi connectivity index (χ3n) is 2.42. The van der Waals surface area contributed by atoms with Crippen LogP contribution in [-0.4, -0.2) is 32.7 Å². The quantitative estimate of drug-likeness (QED) is 0.734. The number of Topliss-reactive ketones (excluding diaryl/α,β-unsaturated/α-hetero) is 1. The van der Waals surface area contributed by atoms with Crippen molar-refractivity contribution in [1.82, 2.24) is 0 Å². The highest BCUT2D eigenvalue weighted by atomic mass is 16.5. The number of hydrogen-bond donors (Lipinski definition) is 0. The minimum atomic E-state index is -0.510. The van der Waals surface area contributed by atoms with Gasteiger partial charge in [-0.15, -0.1) is 0 Å². The van der Waals surface area contributed by atoms with Gasteiger partial charge in [-0.05, 0) is 12.1 Å². The lowest BCUT2D eigenvalue weighted by molar-refractivity contribution is 0.0361. The fourth-order valence-electron chi connectivity index (χ4n) is 1.60. The molecule has 1 atom stereocenters. The van der Waals surface area contributed by atoms with E-state index in [1.165, 1.54) is 7.11 Å². The smallest absolute Gasteiger partial charge is 0.198 e. The number of hydrogen-bond acceptors (Lipinski definition) is 4. The average molecular weight is 208 g/mol. The molecule has 1 aliphatic rings. The van der Waals surface area contributed by atoms with Crippen LogP contribution in [0, 0.1) is 0 Å². The molecule has 0 radical (unpaired) electrons. The Morgan fingerprint density at radius 3 is 2.87 bits per heavy atom. The molecule has 2 rings (SSSR count). The van der Waals surface area contributed by atoms with E-state index in [1.54, 1.807) is 25.3 Å². The summed E-state index contributed by atoms with van der Waals surface area (Å²) in [6.07, 6.45) is -0.510. The van der Waals surface area contributed by atoms with Gasteiger partial charge in [0.1, 0.15) is 6.61 Å². The van der Waals surface area contributed by atoms with E-state index in [1.807, 2.05) is 0 Å². The van der Waals surface area contributed by atoms with Crippen LogP contribution in [0.4, 0.5) is 0 Å². The van der Waals surface area contributed by atoms with Crippen LogP contribution in [0.1, 0.15) is 10.4 Å². The molecule has 0 aliphatic carbocycles. The zero-order valence-corrected chi connectivity index (χ0v) is 8.65. The van der Waals surface area contributed by atoms with Crippen molar-refractivity contribution in [2.24, 2.45) is 0 Å². The minimum absolute atomic E-state index is 0.0577. The number of carbonyl (C=O) groups excluding carboxylic acids is 1. The summed E-state index contributed by atoms with van der Waals surface area (Å²) in [6, 6.07) is 5.24. The lowest BCUT2D eigenvalue weighted by Crippen LogP contribution is -2.34. The maximum atomic E-state index is 11.9. The molecule has 1 unspecified atom stereocenters. The first-order valence-electron chi connectivity index (χ1n) is 4.64. The summed E-state index contributed by atoms with van der Waals surface area (Å²) in [4.78, 5) is 11.9. The van der Waals surface area contributed by atoms with Gasteiger partial charge in [-0.1, -0.05) is 6.07 Å². The SMILES string of the molecule is COc1cccc2c1OCC(OC)C2=O. The molecule has 0 bridgehead atoms. The van der Waals surface area contributed by atoms with Gasteiger partial charge >= 0.3 is 0 Å². The molecule has 4 heteroatoms. The third-order valence-corrected chi connectivity index (χ3v) is 2.42. The molecule has 0 N–H and O–H groups in total. The summed E-state index contributed by atoms with van der Waals surface area (Å²) in [5.41, 5.74) is 0.521. The predicted molar refractivity (Wildman–Crippen MR) is 53.6 cm³/mol. The Hall–Kier alpha value is -1.55. The highest BCUT2D eigenvalue weighted by Gasteiger charge is 2.30. The van der Waals surface area contributed by atoms with Crippen molar-refractivity contribution in [3.05, 3.63) is 23.8 Å². The molecule has 15 heavy (non-hydrogen) atoms. The van der Waals surface area contributed by atoms with E-state index in [2.05, 4.69) is 0 Å². The summed E-state index contributed by atoms with van der Waals surface area (Å²) in [5, 5.41) is 0. The molecule has 80 valence electrons. The monoisotopic (exact) mass is 208 g/mol. The minimum Gasteiger partial charge on any atom is -0.493 e. The Kier molecular flexibility index (Phi) is 2.60. The molecule has 1 aliphatic heterocycles. The number of ether oxygens (including phenoxy) is 3. The molecule has 0 saturated heterocycles. The van der Waals surface area contributed by atoms with Crippen molar-refractivity contribution in [2.75, 3.05) is 20.8 Å². The van der Waals surface area contributed by atoms with E-state index in [0.29, 0.717) is 17.1 Å². The Labute approximate surface area is 87.8 Å². The van der Waals surface area contributed by atoms with Crippen LogP contribution in [0.3, 0.4) is 0 Å². The van der Waals surface area contributed by atoms with Crippen LogP contribution in [0.15, 0.2) is 18.2 Å². The fraction of sp³-hybridized carbons (Fsp3) is 0.364. The number of rotatable bonds is 2. The molecule has 1 heterocycles. The van der Waals surface area contributed by atoms with Crippen LogP contribution in [-0.2, 0) is 4.74 Å². The molecule has 0 amide bonds. The molecular formula is C11H12O4. The molecule has 0 fully saturated rings. The second-order valence-electron chi connectivity index (χ2n) is 3.24. The van der Waals surface area contributed by atoms with Crippen LogP contribution in [0.2, 0.25) is 0 Å². The molecule has 0 saturated carbocycles. The first kappa shape index (κ1) is 9.98. The Bertz CT molecular complexity index is 386. The van der Waals surface area contributed by atoms with Gasteiger partial charge in [0, 0.05) is 7.11 Å². The highest BCUT2D eigenvalue weighted by molar-refractivity contribution is 6.03. The van der Waals surface area contributed by atoms with Crippen LogP contribution < -0.4 is 9.47 Å². The lowest BCUT2D eigenvalue weighted by atomic mass is 10.0. The Morgan fingerprint density at radius 2 is 2.20 bits per heavy atom. The van der Waals surface area contributed by atoms with E-state index >= 15 is 0 Å². The largest absolute Gasteiger partial charge is 0.493 e. The number of benzene rings is 1. The zero-order chi connectivity index (χ0) is 10.8. The van der Waals surface area contributed by atoms with Crippen molar-refractivity contribution < 1.29 is 19.0 Å². The fourth-order valence-corrected chi connectivity index (χ4v) is 1.60. The van der Waals surface area contributed by atoms with E-state index in [0.717, 1.165) is 0 Å². The number of ketones is 1. The summed E-state index contributed by atoms with van der Waals surface area (Å²) in [6.45, 7) is 0.239. The highest BCUT2D eigenvalue weighted by Crippen LogP contribution is 2.34. The van der Waals surface area contributed by atoms with Gasteiger partial charge in [0.25, 0.3) is 0 Å². The van der Waals surface area contributed by atoms with Gasteiger partial charge in [0.2, 0.25) is 0 Å². The maximum Gasteiger partial charge on any atom is 0.198 e. The van der Waals surface area contributed by atoms with Crippen LogP contribution >= 0.6 is 0 Å². The number of fused-ring (bicyclic) bond motifs is 1. The normalized spacial score (nSPS) is 19.3. The van der Waals surface area contributed by atoms with Crippen LogP contribution in [0.25, 0.3) is 0 Å². The van der Waals surface area contributed by atoms with E-state index in [9.17, 15) is 4.79 Å². The van der Waals surface area contributed by atoms with Gasteiger partial charge in [0.15, 0.2) is 23.4 Å². The van der Waals surface area contributed by atoms with Crippen LogP contribution in [0.5, 0.6) is 11.5 Å². The second kappa shape index (κ2) is 3.90. The number of carbonyl (C=O) groups is 1. The van der Waals surface area contributed by atoms with Crippen molar-refractivity contribution >= 4 is 5.78 Å². The van der Waals surface area contributed by atoms with E-state index in [4.69, 9.17) is 14.2 Å². The molecule has 4 nitrogen and oxygen atoms in total. The predicted octanol–water partition coefficient (Wildman–Crippen LogP) is 1.29. The standard InChI is InChI=1S/C11H12O4/c1-13-8-5-3-4-7-10(12)9(14-2)6-15-11(7)8/h3-5,9H,6H2,1-2H3. The molecule has 0 spiro atoms. The van der Waals surface area contributed by atoms with Crippen molar-refractivity contribution in [3.63, 3.8) is 0 Å². The van der Waals surface area contributed by atoms with E-state index in [-0.39, 0.29) is 12.4 Å². The van der Waals surface area contributed by atoms with Crippen molar-refractivity contribution in [1.29, 1.82) is 0 Å². The first-order chi connectivity index (χ1) is 7.27. The number of para-hydroxylation sites is 1.